The molecule has 1 amide bonds. The van der Waals surface area contributed by atoms with E-state index in [1.165, 1.54) is 10.6 Å². The van der Waals surface area contributed by atoms with Gasteiger partial charge in [-0.05, 0) is 42.1 Å². The van der Waals surface area contributed by atoms with Crippen LogP contribution in [-0.4, -0.2) is 37.5 Å². The van der Waals surface area contributed by atoms with Crippen LogP contribution < -0.4 is 16.3 Å². The Balaban J connectivity index is 1.65. The van der Waals surface area contributed by atoms with Gasteiger partial charge in [-0.3, -0.25) is 23.8 Å². The van der Waals surface area contributed by atoms with Gasteiger partial charge in [0.25, 0.3) is 11.5 Å². The molecule has 198 valence electrons. The minimum atomic E-state index is -0.603. The normalized spacial score (nSPS) is 15.9. The molecule has 1 unspecified atom stereocenters. The van der Waals surface area contributed by atoms with Crippen LogP contribution in [0.3, 0.4) is 0 Å². The second-order valence-corrected chi connectivity index (χ2v) is 9.35. The first-order valence-electron chi connectivity index (χ1n) is 12.7. The van der Waals surface area contributed by atoms with E-state index in [9.17, 15) is 9.59 Å². The van der Waals surface area contributed by atoms with Crippen molar-refractivity contribution in [3.05, 3.63) is 112 Å². The van der Waals surface area contributed by atoms with Gasteiger partial charge in [0.2, 0.25) is 0 Å². The van der Waals surface area contributed by atoms with E-state index in [-0.39, 0.29) is 10.9 Å². The Labute approximate surface area is 228 Å². The van der Waals surface area contributed by atoms with Crippen molar-refractivity contribution < 1.29 is 9.18 Å². The van der Waals surface area contributed by atoms with E-state index < -0.39 is 23.3 Å². The minimum absolute atomic E-state index is 0.00449. The van der Waals surface area contributed by atoms with E-state index in [2.05, 4.69) is 21.9 Å². The number of allylic oxidation sites excluding steroid dienone is 1. The largest absolute Gasteiger partial charge is 0.366 e. The average molecular weight is 534 g/mol. The lowest BCUT2D eigenvalue weighted by Gasteiger charge is -2.36. The molecule has 0 saturated heterocycles. The molecule has 0 radical (unpaired) electrons. The molecule has 4 heterocycles. The van der Waals surface area contributed by atoms with Crippen molar-refractivity contribution >= 4 is 28.7 Å². The third-order valence-corrected chi connectivity index (χ3v) is 6.88. The van der Waals surface area contributed by atoms with Crippen LogP contribution in [0.4, 0.5) is 10.2 Å². The van der Waals surface area contributed by atoms with Crippen LogP contribution in [-0.2, 0) is 11.8 Å². The molecule has 9 nitrogen and oxygen atoms in total. The van der Waals surface area contributed by atoms with Crippen LogP contribution in [0, 0.1) is 17.7 Å². The third-order valence-electron chi connectivity index (χ3n) is 6.88. The van der Waals surface area contributed by atoms with E-state index in [1.807, 2.05) is 30.1 Å². The number of rotatable bonds is 4. The van der Waals surface area contributed by atoms with Gasteiger partial charge in [-0.1, -0.05) is 43.0 Å². The fourth-order valence-electron chi connectivity index (χ4n) is 5.17. The molecule has 0 spiro atoms. The van der Waals surface area contributed by atoms with Crippen LogP contribution >= 0.6 is 0 Å². The number of anilines is 1. The van der Waals surface area contributed by atoms with Crippen molar-refractivity contribution in [2.24, 2.45) is 17.8 Å². The quantitative estimate of drug-likeness (QED) is 0.406. The van der Waals surface area contributed by atoms with Crippen molar-refractivity contribution in [2.45, 2.75) is 19.4 Å². The first-order valence-corrected chi connectivity index (χ1v) is 12.7. The predicted molar refractivity (Wildman–Crippen MR) is 151 cm³/mol. The van der Waals surface area contributed by atoms with Crippen molar-refractivity contribution in [3.8, 4) is 17.5 Å². The first kappa shape index (κ1) is 24.9. The maximum atomic E-state index is 15.2. The molecule has 4 aromatic rings. The number of fused-ring (bicyclic) bond motifs is 2. The zero-order chi connectivity index (χ0) is 28.0. The number of aryl methyl sites for hydroxylation is 1. The molecule has 6 rings (SSSR count). The number of hydrogen-bond acceptors (Lipinski definition) is 6. The van der Waals surface area contributed by atoms with Gasteiger partial charge in [0.1, 0.15) is 11.6 Å². The number of nitrogens with two attached hydrogens (primary N) is 1. The fraction of sp³-hybridized carbons (Fsp3) is 0.133. The summed E-state index contributed by atoms with van der Waals surface area (Å²) in [4.78, 5) is 31.4. The van der Waals surface area contributed by atoms with Gasteiger partial charge in [-0.25, -0.2) is 14.4 Å². The van der Waals surface area contributed by atoms with Crippen molar-refractivity contribution in [1.82, 2.24) is 19.4 Å². The Morgan fingerprint density at radius 3 is 2.65 bits per heavy atom. The lowest BCUT2D eigenvalue weighted by molar-refractivity contribution is -0.114. The molecule has 0 bridgehead atoms. The number of carbonyl (C=O) groups excluding carboxylic acids is 1. The van der Waals surface area contributed by atoms with Gasteiger partial charge < -0.3 is 5.73 Å². The van der Waals surface area contributed by atoms with Crippen molar-refractivity contribution in [1.29, 1.82) is 0 Å². The molecule has 40 heavy (non-hydrogen) atoms. The molecule has 1 atom stereocenters. The van der Waals surface area contributed by atoms with Crippen molar-refractivity contribution in [2.75, 3.05) is 5.01 Å². The van der Waals surface area contributed by atoms with E-state index in [4.69, 9.17) is 5.73 Å². The number of nitrogens with zero attached hydrogens (tertiary/aromatic N) is 6. The lowest BCUT2D eigenvalue weighted by Crippen LogP contribution is -2.44. The second-order valence-electron chi connectivity index (χ2n) is 9.35. The Kier molecular flexibility index (Phi) is 6.04. The SMILES string of the molecule is CCC1C(C(N)=O)=C2N=CC=CN2N1c1cc2ccc(F)c(C#Cc3cnn(C)c3)c2c(=O)n1-c1ccccc1. The van der Waals surface area contributed by atoms with Gasteiger partial charge in [0, 0.05) is 25.7 Å². The Hall–Kier alpha value is -5.43. The van der Waals surface area contributed by atoms with Gasteiger partial charge in [0.05, 0.1) is 40.0 Å². The monoisotopic (exact) mass is 533 g/mol. The minimum Gasteiger partial charge on any atom is -0.366 e. The number of carbonyl (C=O) groups is 1. The summed E-state index contributed by atoms with van der Waals surface area (Å²) in [5.74, 6) is 5.45. The van der Waals surface area contributed by atoms with Crippen LogP contribution in [0.15, 0.2) is 94.4 Å². The third kappa shape index (κ3) is 3.96. The fourth-order valence-corrected chi connectivity index (χ4v) is 5.17. The standard InChI is InChI=1S/C30H24FN7O2/c1-3-24-27(28(32)39)29-33-14-7-15-36(29)38(24)25-16-20-11-13-23(31)22(12-10-19-17-34-35(2)18-19)26(20)30(40)37(25)21-8-5-4-6-9-21/h4-9,11,13-18,24H,3H2,1-2H3,(H2,32,39). The zero-order valence-corrected chi connectivity index (χ0v) is 21.7. The smallest absolute Gasteiger partial charge is 0.266 e. The molecule has 2 aromatic heterocycles. The maximum absolute atomic E-state index is 15.2. The number of pyridine rings is 1. The molecular weight excluding hydrogens is 509 g/mol. The predicted octanol–water partition coefficient (Wildman–Crippen LogP) is 3.37. The number of halogens is 1. The Morgan fingerprint density at radius 2 is 1.95 bits per heavy atom. The molecule has 2 aliphatic heterocycles. The zero-order valence-electron chi connectivity index (χ0n) is 21.7. The first-order chi connectivity index (χ1) is 19.4. The van der Waals surface area contributed by atoms with Crippen LogP contribution in [0.5, 0.6) is 0 Å². The highest BCUT2D eigenvalue weighted by molar-refractivity contribution is 5.97. The number of hydrazine groups is 1. The molecule has 2 aromatic carbocycles. The van der Waals surface area contributed by atoms with Gasteiger partial charge >= 0.3 is 0 Å². The van der Waals surface area contributed by atoms with Gasteiger partial charge in [-0.15, -0.1) is 0 Å². The summed E-state index contributed by atoms with van der Waals surface area (Å²) in [7, 11) is 1.76. The van der Waals surface area contributed by atoms with E-state index in [1.54, 1.807) is 71.9 Å². The highest BCUT2D eigenvalue weighted by Gasteiger charge is 2.42. The number of aliphatic imine (C=N–C) groups is 1. The maximum Gasteiger partial charge on any atom is 0.266 e. The molecule has 2 aliphatic rings. The number of amides is 1. The lowest BCUT2D eigenvalue weighted by atomic mass is 10.0. The van der Waals surface area contributed by atoms with E-state index in [0.29, 0.717) is 40.3 Å². The number of aromatic nitrogens is 3. The number of para-hydroxylation sites is 1. The summed E-state index contributed by atoms with van der Waals surface area (Å²) in [6.45, 7) is 1.93. The van der Waals surface area contributed by atoms with Gasteiger partial charge in [0.15, 0.2) is 5.82 Å². The summed E-state index contributed by atoms with van der Waals surface area (Å²) in [5, 5.41) is 8.30. The summed E-state index contributed by atoms with van der Waals surface area (Å²) >= 11 is 0. The number of benzene rings is 2. The molecule has 0 aliphatic carbocycles. The molecule has 2 N–H and O–H groups in total. The Morgan fingerprint density at radius 1 is 1.15 bits per heavy atom. The van der Waals surface area contributed by atoms with Crippen LogP contribution in [0.2, 0.25) is 0 Å². The number of hydrogen-bond donors (Lipinski definition) is 1. The summed E-state index contributed by atoms with van der Waals surface area (Å²) in [6.07, 6.45) is 8.88. The summed E-state index contributed by atoms with van der Waals surface area (Å²) in [5.41, 5.74) is 6.86. The highest BCUT2D eigenvalue weighted by Crippen LogP contribution is 2.39. The molecule has 10 heteroatoms. The molecular formula is C30H24FN7O2. The summed E-state index contributed by atoms with van der Waals surface area (Å²) in [6, 6.07) is 13.2. The van der Waals surface area contributed by atoms with E-state index in [0.717, 1.165) is 0 Å². The summed E-state index contributed by atoms with van der Waals surface area (Å²) < 4.78 is 18.4. The second kappa shape index (κ2) is 9.71. The molecule has 0 saturated carbocycles. The van der Waals surface area contributed by atoms with E-state index >= 15 is 4.39 Å². The molecule has 0 fully saturated rings. The topological polar surface area (TPSA) is 102 Å². The van der Waals surface area contributed by atoms with Crippen LogP contribution in [0.1, 0.15) is 24.5 Å². The number of primary amides is 1. The van der Waals surface area contributed by atoms with Crippen molar-refractivity contribution in [3.63, 3.8) is 0 Å². The Bertz CT molecular complexity index is 1890. The van der Waals surface area contributed by atoms with Crippen LogP contribution in [0.25, 0.3) is 16.5 Å². The highest BCUT2D eigenvalue weighted by atomic mass is 19.1. The van der Waals surface area contributed by atoms with Gasteiger partial charge in [-0.2, -0.15) is 5.10 Å². The average Bonchev–Trinajstić information content (AvgIpc) is 3.53.